The molecule has 0 atom stereocenters. The first-order chi connectivity index (χ1) is 12.9. The summed E-state index contributed by atoms with van der Waals surface area (Å²) in [6, 6.07) is 10.9. The summed E-state index contributed by atoms with van der Waals surface area (Å²) in [5, 5.41) is 2.95. The van der Waals surface area contributed by atoms with Gasteiger partial charge in [0.2, 0.25) is 5.91 Å². The molecule has 0 radical (unpaired) electrons. The molecule has 0 spiro atoms. The Bertz CT molecular complexity index is 957. The van der Waals surface area contributed by atoms with Gasteiger partial charge < -0.3 is 10.1 Å². The minimum Gasteiger partial charge on any atom is -0.465 e. The van der Waals surface area contributed by atoms with E-state index in [2.05, 4.69) is 10.1 Å². The third-order valence-electron chi connectivity index (χ3n) is 4.10. The average molecular weight is 387 g/mol. The number of nitrogens with one attached hydrogen (secondary N) is 1. The van der Waals surface area contributed by atoms with E-state index >= 15 is 0 Å². The quantitative estimate of drug-likeness (QED) is 0.630. The lowest BCUT2D eigenvalue weighted by Gasteiger charge is -2.14. The summed E-state index contributed by atoms with van der Waals surface area (Å²) < 4.78 is 4.67. The molecule has 27 heavy (non-hydrogen) atoms. The number of anilines is 1. The molecule has 0 bridgehead atoms. The molecule has 2 aromatic carbocycles. The number of para-hydroxylation sites is 1. The molecule has 7 nitrogen and oxygen atoms in total. The molecule has 8 heteroatoms. The van der Waals surface area contributed by atoms with Gasteiger partial charge in [-0.2, -0.15) is 0 Å². The molecule has 3 amide bonds. The molecule has 0 saturated carbocycles. The van der Waals surface area contributed by atoms with Gasteiger partial charge in [-0.3, -0.25) is 19.3 Å². The van der Waals surface area contributed by atoms with Gasteiger partial charge in [0.05, 0.1) is 29.5 Å². The van der Waals surface area contributed by atoms with E-state index in [9.17, 15) is 19.2 Å². The van der Waals surface area contributed by atoms with Gasteiger partial charge in [-0.05, 0) is 30.3 Å². The molecule has 1 aliphatic rings. The highest BCUT2D eigenvalue weighted by Crippen LogP contribution is 2.26. The summed E-state index contributed by atoms with van der Waals surface area (Å²) in [4.78, 5) is 49.7. The summed E-state index contributed by atoms with van der Waals surface area (Å²) >= 11 is 5.87. The van der Waals surface area contributed by atoms with E-state index in [-0.39, 0.29) is 29.7 Å². The van der Waals surface area contributed by atoms with Crippen LogP contribution in [0.1, 0.15) is 37.5 Å². The minimum absolute atomic E-state index is 0.0871. The van der Waals surface area contributed by atoms with Gasteiger partial charge in [-0.1, -0.05) is 23.7 Å². The van der Waals surface area contributed by atoms with E-state index in [1.807, 2.05) is 0 Å². The molecule has 0 saturated heterocycles. The van der Waals surface area contributed by atoms with Crippen LogP contribution in [0.15, 0.2) is 42.5 Å². The molecule has 1 heterocycles. The summed E-state index contributed by atoms with van der Waals surface area (Å²) in [5.41, 5.74) is 0.997. The number of ether oxygens (including phenoxy) is 1. The molecule has 0 aliphatic carbocycles. The number of halogens is 1. The van der Waals surface area contributed by atoms with Crippen LogP contribution in [0.4, 0.5) is 5.69 Å². The van der Waals surface area contributed by atoms with Crippen LogP contribution in [-0.2, 0) is 9.53 Å². The Balaban J connectivity index is 1.67. The highest BCUT2D eigenvalue weighted by Gasteiger charge is 2.35. The predicted octanol–water partition coefficient (Wildman–Crippen LogP) is 2.75. The molecule has 3 rings (SSSR count). The SMILES string of the molecule is COC(=O)c1ccccc1NC(=O)CCN1C(=O)c2ccc(Cl)cc2C1=O. The first-order valence-electron chi connectivity index (χ1n) is 8.05. The second-order valence-corrected chi connectivity index (χ2v) is 6.22. The van der Waals surface area contributed by atoms with Crippen LogP contribution in [0.5, 0.6) is 0 Å². The van der Waals surface area contributed by atoms with Crippen molar-refractivity contribution in [2.75, 3.05) is 19.0 Å². The Morgan fingerprint density at radius 3 is 2.52 bits per heavy atom. The number of amides is 3. The van der Waals surface area contributed by atoms with Gasteiger partial charge in [-0.15, -0.1) is 0 Å². The van der Waals surface area contributed by atoms with Gasteiger partial charge in [0.1, 0.15) is 0 Å². The monoisotopic (exact) mass is 386 g/mol. The normalized spacial score (nSPS) is 12.7. The van der Waals surface area contributed by atoms with Crippen LogP contribution in [0.25, 0.3) is 0 Å². The van der Waals surface area contributed by atoms with E-state index in [0.29, 0.717) is 10.7 Å². The summed E-state index contributed by atoms with van der Waals surface area (Å²) in [5.74, 6) is -1.97. The van der Waals surface area contributed by atoms with E-state index in [1.165, 1.54) is 31.4 Å². The van der Waals surface area contributed by atoms with Crippen LogP contribution in [-0.4, -0.2) is 42.2 Å². The van der Waals surface area contributed by atoms with Crippen molar-refractivity contribution >= 4 is 41.0 Å². The molecular weight excluding hydrogens is 372 g/mol. The lowest BCUT2D eigenvalue weighted by molar-refractivity contribution is -0.116. The van der Waals surface area contributed by atoms with Gasteiger partial charge in [-0.25, -0.2) is 4.79 Å². The third kappa shape index (κ3) is 3.68. The topological polar surface area (TPSA) is 92.8 Å². The minimum atomic E-state index is -0.580. The number of nitrogens with zero attached hydrogens (tertiary/aromatic N) is 1. The Morgan fingerprint density at radius 2 is 1.78 bits per heavy atom. The van der Waals surface area contributed by atoms with Gasteiger partial charge >= 0.3 is 5.97 Å². The second-order valence-electron chi connectivity index (χ2n) is 5.79. The summed E-state index contributed by atoms with van der Waals surface area (Å²) in [6.45, 7) is -0.0871. The molecular formula is C19H15ClN2O5. The maximum Gasteiger partial charge on any atom is 0.339 e. The molecule has 2 aromatic rings. The van der Waals surface area contributed by atoms with Crippen molar-refractivity contribution in [3.8, 4) is 0 Å². The Hall–Kier alpha value is -3.19. The number of methoxy groups -OCH3 is 1. The zero-order chi connectivity index (χ0) is 19.6. The number of benzene rings is 2. The first-order valence-corrected chi connectivity index (χ1v) is 8.43. The lowest BCUT2D eigenvalue weighted by atomic mass is 10.1. The zero-order valence-corrected chi connectivity index (χ0v) is 15.1. The summed E-state index contributed by atoms with van der Waals surface area (Å²) in [7, 11) is 1.25. The number of carbonyl (C=O) groups excluding carboxylic acids is 4. The molecule has 0 aromatic heterocycles. The van der Waals surface area contributed by atoms with Crippen LogP contribution in [0, 0.1) is 0 Å². The smallest absolute Gasteiger partial charge is 0.339 e. The fourth-order valence-electron chi connectivity index (χ4n) is 2.77. The van der Waals surface area contributed by atoms with Gasteiger partial charge in [0.25, 0.3) is 11.8 Å². The second kappa shape index (κ2) is 7.59. The number of rotatable bonds is 5. The largest absolute Gasteiger partial charge is 0.465 e. The van der Waals surface area contributed by atoms with E-state index in [0.717, 1.165) is 4.90 Å². The van der Waals surface area contributed by atoms with Crippen molar-refractivity contribution in [1.82, 2.24) is 4.90 Å². The number of imide groups is 1. The third-order valence-corrected chi connectivity index (χ3v) is 4.34. The van der Waals surface area contributed by atoms with Crippen molar-refractivity contribution in [2.45, 2.75) is 6.42 Å². The number of hydrogen-bond acceptors (Lipinski definition) is 5. The number of esters is 1. The van der Waals surface area contributed by atoms with Gasteiger partial charge in [0, 0.05) is 18.0 Å². The first kappa shape index (κ1) is 18.6. The van der Waals surface area contributed by atoms with Gasteiger partial charge in [0.15, 0.2) is 0 Å². The number of carbonyl (C=O) groups is 4. The van der Waals surface area contributed by atoms with Crippen LogP contribution in [0.3, 0.4) is 0 Å². The van der Waals surface area contributed by atoms with E-state index in [4.69, 9.17) is 11.6 Å². The number of fused-ring (bicyclic) bond motifs is 1. The molecule has 1 aliphatic heterocycles. The van der Waals surface area contributed by atoms with Crippen LogP contribution in [0.2, 0.25) is 5.02 Å². The fourth-order valence-corrected chi connectivity index (χ4v) is 2.94. The maximum atomic E-state index is 12.4. The molecule has 138 valence electrons. The Labute approximate surface area is 159 Å². The van der Waals surface area contributed by atoms with Crippen LogP contribution >= 0.6 is 11.6 Å². The standard InChI is InChI=1S/C19H15ClN2O5/c1-27-19(26)13-4-2-3-5-15(13)21-16(23)8-9-22-17(24)12-7-6-11(20)10-14(12)18(22)25/h2-7,10H,8-9H2,1H3,(H,21,23). The van der Waals surface area contributed by atoms with Crippen molar-refractivity contribution < 1.29 is 23.9 Å². The lowest BCUT2D eigenvalue weighted by Crippen LogP contribution is -2.33. The molecule has 0 unspecified atom stereocenters. The van der Waals surface area contributed by atoms with Crippen molar-refractivity contribution in [1.29, 1.82) is 0 Å². The predicted molar refractivity (Wildman–Crippen MR) is 97.8 cm³/mol. The maximum absolute atomic E-state index is 12.4. The fraction of sp³-hybridized carbons (Fsp3) is 0.158. The van der Waals surface area contributed by atoms with Crippen LogP contribution < -0.4 is 5.32 Å². The molecule has 0 fully saturated rings. The average Bonchev–Trinajstić information content (AvgIpc) is 2.89. The highest BCUT2D eigenvalue weighted by atomic mass is 35.5. The van der Waals surface area contributed by atoms with E-state index < -0.39 is 23.7 Å². The Kier molecular flexibility index (Phi) is 5.23. The summed E-state index contributed by atoms with van der Waals surface area (Å²) in [6.07, 6.45) is -0.116. The van der Waals surface area contributed by atoms with Crippen molar-refractivity contribution in [3.05, 3.63) is 64.2 Å². The van der Waals surface area contributed by atoms with Crippen molar-refractivity contribution in [2.24, 2.45) is 0 Å². The Morgan fingerprint density at radius 1 is 1.07 bits per heavy atom. The zero-order valence-electron chi connectivity index (χ0n) is 14.3. The van der Waals surface area contributed by atoms with E-state index in [1.54, 1.807) is 18.2 Å². The number of hydrogen-bond donors (Lipinski definition) is 1. The molecule has 1 N–H and O–H groups in total. The van der Waals surface area contributed by atoms with Crippen molar-refractivity contribution in [3.63, 3.8) is 0 Å². The highest BCUT2D eigenvalue weighted by molar-refractivity contribution is 6.32.